The predicted molar refractivity (Wildman–Crippen MR) is 62.8 cm³/mol. The van der Waals surface area contributed by atoms with Crippen molar-refractivity contribution in [2.24, 2.45) is 5.73 Å². The van der Waals surface area contributed by atoms with E-state index in [2.05, 4.69) is 5.32 Å². The summed E-state index contributed by atoms with van der Waals surface area (Å²) in [5.41, 5.74) is 5.44. The molecule has 0 heterocycles. The number of nitrogens with one attached hydrogen (secondary N) is 1. The SMILES string of the molecule is CSC[C@@H](NC(=O)[C@@H](N)CCC(=O)O)C(=O)O. The van der Waals surface area contributed by atoms with E-state index in [1.165, 1.54) is 11.8 Å². The molecule has 7 nitrogen and oxygen atoms in total. The van der Waals surface area contributed by atoms with E-state index in [1.54, 1.807) is 6.26 Å². The zero-order valence-corrected chi connectivity index (χ0v) is 10.2. The van der Waals surface area contributed by atoms with Gasteiger partial charge in [0.25, 0.3) is 0 Å². The van der Waals surface area contributed by atoms with E-state index in [1.807, 2.05) is 0 Å². The topological polar surface area (TPSA) is 130 Å². The second kappa shape index (κ2) is 7.91. The van der Waals surface area contributed by atoms with Crippen LogP contribution >= 0.6 is 11.8 Å². The van der Waals surface area contributed by atoms with Crippen molar-refractivity contribution in [3.05, 3.63) is 0 Å². The van der Waals surface area contributed by atoms with E-state index < -0.39 is 29.9 Å². The minimum Gasteiger partial charge on any atom is -0.481 e. The summed E-state index contributed by atoms with van der Waals surface area (Å²) in [6.45, 7) is 0. The summed E-state index contributed by atoms with van der Waals surface area (Å²) in [5.74, 6) is -2.61. The fourth-order valence-corrected chi connectivity index (χ4v) is 1.59. The van der Waals surface area contributed by atoms with Crippen molar-refractivity contribution in [3.8, 4) is 0 Å². The number of rotatable bonds is 8. The van der Waals surface area contributed by atoms with Crippen molar-refractivity contribution < 1.29 is 24.6 Å². The standard InChI is InChI=1S/C9H16N2O5S/c1-17-4-6(9(15)16)11-8(14)5(10)2-3-7(12)13/h5-6H,2-4,10H2,1H3,(H,11,14)(H,12,13)(H,15,16)/t5-,6+/m0/s1. The molecule has 98 valence electrons. The molecule has 0 bridgehead atoms. The van der Waals surface area contributed by atoms with E-state index in [9.17, 15) is 14.4 Å². The molecule has 0 aromatic heterocycles. The van der Waals surface area contributed by atoms with E-state index in [-0.39, 0.29) is 18.6 Å². The molecule has 0 fully saturated rings. The van der Waals surface area contributed by atoms with Crippen LogP contribution in [0, 0.1) is 0 Å². The molecule has 1 amide bonds. The summed E-state index contributed by atoms with van der Waals surface area (Å²) in [6, 6.07) is -2.01. The van der Waals surface area contributed by atoms with Gasteiger partial charge in [0.15, 0.2) is 0 Å². The molecule has 0 spiro atoms. The first-order chi connectivity index (χ1) is 7.88. The molecule has 2 atom stereocenters. The number of carboxylic acids is 2. The number of nitrogens with two attached hydrogens (primary N) is 1. The Labute approximate surface area is 103 Å². The van der Waals surface area contributed by atoms with Crippen LogP contribution in [0.2, 0.25) is 0 Å². The van der Waals surface area contributed by atoms with Crippen LogP contribution in [0.25, 0.3) is 0 Å². The highest BCUT2D eigenvalue weighted by atomic mass is 32.2. The minimum absolute atomic E-state index is 0.0211. The third-order valence-corrected chi connectivity index (χ3v) is 2.62. The Morgan fingerprint density at radius 3 is 2.35 bits per heavy atom. The maximum Gasteiger partial charge on any atom is 0.327 e. The molecular weight excluding hydrogens is 248 g/mol. The number of carbonyl (C=O) groups is 3. The lowest BCUT2D eigenvalue weighted by Gasteiger charge is -2.16. The molecule has 0 saturated carbocycles. The molecule has 0 rings (SSSR count). The summed E-state index contributed by atoms with van der Waals surface area (Å²) < 4.78 is 0. The van der Waals surface area contributed by atoms with Gasteiger partial charge >= 0.3 is 11.9 Å². The molecule has 8 heteroatoms. The van der Waals surface area contributed by atoms with Crippen molar-refractivity contribution in [2.45, 2.75) is 24.9 Å². The lowest BCUT2D eigenvalue weighted by Crippen LogP contribution is -2.49. The third-order valence-electron chi connectivity index (χ3n) is 1.95. The van der Waals surface area contributed by atoms with Crippen molar-refractivity contribution in [1.29, 1.82) is 0 Å². The van der Waals surface area contributed by atoms with Crippen LogP contribution < -0.4 is 11.1 Å². The minimum atomic E-state index is -1.14. The molecule has 0 aliphatic carbocycles. The molecular formula is C9H16N2O5S. The van der Waals surface area contributed by atoms with Crippen molar-refractivity contribution in [2.75, 3.05) is 12.0 Å². The number of hydrogen-bond donors (Lipinski definition) is 4. The summed E-state index contributed by atoms with van der Waals surface area (Å²) in [6.07, 6.45) is 1.47. The first-order valence-electron chi connectivity index (χ1n) is 4.88. The Morgan fingerprint density at radius 1 is 1.35 bits per heavy atom. The van der Waals surface area contributed by atoms with E-state index in [0.29, 0.717) is 0 Å². The zero-order valence-electron chi connectivity index (χ0n) is 9.38. The highest BCUT2D eigenvalue weighted by Gasteiger charge is 2.22. The van der Waals surface area contributed by atoms with Crippen LogP contribution in [0.3, 0.4) is 0 Å². The maximum absolute atomic E-state index is 11.4. The molecule has 5 N–H and O–H groups in total. The van der Waals surface area contributed by atoms with Gasteiger partial charge in [-0.1, -0.05) is 0 Å². The first-order valence-corrected chi connectivity index (χ1v) is 6.27. The summed E-state index contributed by atoms with van der Waals surface area (Å²) in [4.78, 5) is 32.5. The molecule has 0 unspecified atom stereocenters. The van der Waals surface area contributed by atoms with Crippen molar-refractivity contribution >= 4 is 29.6 Å². The van der Waals surface area contributed by atoms with E-state index >= 15 is 0 Å². The van der Waals surface area contributed by atoms with Crippen LogP contribution in [0.5, 0.6) is 0 Å². The molecule has 0 radical (unpaired) electrons. The fraction of sp³-hybridized carbons (Fsp3) is 0.667. The van der Waals surface area contributed by atoms with Gasteiger partial charge in [0.05, 0.1) is 6.04 Å². The monoisotopic (exact) mass is 264 g/mol. The Kier molecular flexibility index (Phi) is 7.31. The van der Waals surface area contributed by atoms with Crippen molar-refractivity contribution in [3.63, 3.8) is 0 Å². The molecule has 0 aliphatic heterocycles. The first kappa shape index (κ1) is 15.7. The Bertz CT molecular complexity index is 297. The Hall–Kier alpha value is -1.28. The molecule has 0 aromatic rings. The van der Waals surface area contributed by atoms with Crippen LogP contribution in [0.4, 0.5) is 0 Å². The number of thioether (sulfide) groups is 1. The normalized spacial score (nSPS) is 13.8. The van der Waals surface area contributed by atoms with Crippen molar-refractivity contribution in [1.82, 2.24) is 5.32 Å². The molecule has 0 saturated heterocycles. The smallest absolute Gasteiger partial charge is 0.327 e. The van der Waals surface area contributed by atoms with E-state index in [0.717, 1.165) is 0 Å². The van der Waals surface area contributed by atoms with Gasteiger partial charge in [-0.2, -0.15) is 11.8 Å². The fourth-order valence-electron chi connectivity index (χ4n) is 1.03. The predicted octanol–water partition coefficient (Wildman–Crippen LogP) is -0.889. The Morgan fingerprint density at radius 2 is 1.94 bits per heavy atom. The van der Waals surface area contributed by atoms with Gasteiger partial charge in [-0.3, -0.25) is 9.59 Å². The van der Waals surface area contributed by atoms with Gasteiger partial charge in [-0.05, 0) is 12.7 Å². The second-order valence-corrected chi connectivity index (χ2v) is 4.30. The number of carboxylic acid groups (broad SMARTS) is 2. The average Bonchev–Trinajstić information content (AvgIpc) is 2.24. The third kappa shape index (κ3) is 6.80. The van der Waals surface area contributed by atoms with Gasteiger partial charge in [-0.15, -0.1) is 0 Å². The summed E-state index contributed by atoms with van der Waals surface area (Å²) >= 11 is 1.28. The largest absolute Gasteiger partial charge is 0.481 e. The summed E-state index contributed by atoms with van der Waals surface area (Å²) in [7, 11) is 0. The quantitative estimate of drug-likeness (QED) is 0.447. The second-order valence-electron chi connectivity index (χ2n) is 3.39. The van der Waals surface area contributed by atoms with Gasteiger partial charge < -0.3 is 21.3 Å². The maximum atomic E-state index is 11.4. The van der Waals surface area contributed by atoms with Gasteiger partial charge in [-0.25, -0.2) is 4.79 Å². The van der Waals surface area contributed by atoms with Crippen LogP contribution in [0.15, 0.2) is 0 Å². The number of amides is 1. The van der Waals surface area contributed by atoms with E-state index in [4.69, 9.17) is 15.9 Å². The number of carbonyl (C=O) groups excluding carboxylic acids is 1. The highest BCUT2D eigenvalue weighted by molar-refractivity contribution is 7.98. The lowest BCUT2D eigenvalue weighted by molar-refractivity contribution is -0.141. The zero-order chi connectivity index (χ0) is 13.4. The van der Waals surface area contributed by atoms with Crippen LogP contribution in [-0.4, -0.2) is 52.2 Å². The summed E-state index contributed by atoms with van der Waals surface area (Å²) in [5, 5.41) is 19.5. The number of aliphatic carboxylic acids is 2. The van der Waals surface area contributed by atoms with Gasteiger partial charge in [0.1, 0.15) is 6.04 Å². The van der Waals surface area contributed by atoms with Crippen LogP contribution in [-0.2, 0) is 14.4 Å². The molecule has 0 aromatic carbocycles. The van der Waals surface area contributed by atoms with Crippen LogP contribution in [0.1, 0.15) is 12.8 Å². The number of hydrogen-bond acceptors (Lipinski definition) is 5. The van der Waals surface area contributed by atoms with Gasteiger partial charge in [0, 0.05) is 12.2 Å². The van der Waals surface area contributed by atoms with Gasteiger partial charge in [0.2, 0.25) is 5.91 Å². The molecule has 17 heavy (non-hydrogen) atoms. The highest BCUT2D eigenvalue weighted by Crippen LogP contribution is 2.00. The molecule has 0 aliphatic rings. The lowest BCUT2D eigenvalue weighted by atomic mass is 10.1. The average molecular weight is 264 g/mol. The Balaban J connectivity index is 4.20.